The van der Waals surface area contributed by atoms with E-state index in [1.54, 1.807) is 0 Å². The van der Waals surface area contributed by atoms with Gasteiger partial charge in [0, 0.05) is 24.8 Å². The van der Waals surface area contributed by atoms with Crippen molar-refractivity contribution in [2.75, 3.05) is 14.1 Å². The zero-order valence-electron chi connectivity index (χ0n) is 10.6. The topological polar surface area (TPSA) is 65.7 Å². The van der Waals surface area contributed by atoms with Crippen LogP contribution < -0.4 is 5.43 Å². The predicted octanol–water partition coefficient (Wildman–Crippen LogP) is 0.518. The summed E-state index contributed by atoms with van der Waals surface area (Å²) in [6, 6.07) is 1.30. The molecule has 0 amide bonds. The molecule has 1 aromatic rings. The summed E-state index contributed by atoms with van der Waals surface area (Å²) < 4.78 is 1.82. The minimum absolute atomic E-state index is 0.198. The van der Waals surface area contributed by atoms with Crippen molar-refractivity contribution in [3.05, 3.63) is 27.7 Å². The van der Waals surface area contributed by atoms with Crippen molar-refractivity contribution in [3.8, 4) is 5.75 Å². The van der Waals surface area contributed by atoms with Crippen molar-refractivity contribution in [1.29, 1.82) is 0 Å². The zero-order valence-corrected chi connectivity index (χ0v) is 10.6. The van der Waals surface area contributed by atoms with Gasteiger partial charge in [0.05, 0.1) is 12.3 Å². The third-order valence-corrected chi connectivity index (χ3v) is 2.55. The van der Waals surface area contributed by atoms with Gasteiger partial charge in [-0.1, -0.05) is 6.92 Å². The Morgan fingerprint density at radius 3 is 2.53 bits per heavy atom. The van der Waals surface area contributed by atoms with E-state index in [-0.39, 0.29) is 12.4 Å². The molecule has 1 heterocycles. The summed E-state index contributed by atoms with van der Waals surface area (Å²) in [6.07, 6.45) is 0.871. The van der Waals surface area contributed by atoms with Gasteiger partial charge in [-0.15, -0.1) is 0 Å². The fourth-order valence-corrected chi connectivity index (χ4v) is 1.83. The Hall–Kier alpha value is -1.33. The van der Waals surface area contributed by atoms with E-state index in [0.717, 1.165) is 6.42 Å². The molecule has 0 aromatic carbocycles. The molecule has 17 heavy (non-hydrogen) atoms. The molecule has 5 heteroatoms. The Kier molecular flexibility index (Phi) is 4.72. The first-order valence-electron chi connectivity index (χ1n) is 5.71. The maximum atomic E-state index is 11.6. The molecule has 1 rings (SSSR count). The number of aromatic nitrogens is 1. The van der Waals surface area contributed by atoms with Gasteiger partial charge in [0.25, 0.3) is 0 Å². The SMILES string of the molecule is CCCn1c(CO)cc(=O)c(O)c1CN(C)C. The van der Waals surface area contributed by atoms with Gasteiger partial charge in [-0.3, -0.25) is 4.79 Å². The highest BCUT2D eigenvalue weighted by Gasteiger charge is 2.14. The Balaban J connectivity index is 3.38. The van der Waals surface area contributed by atoms with Crippen molar-refractivity contribution in [2.45, 2.75) is 33.0 Å². The number of aliphatic hydroxyl groups excluding tert-OH is 1. The molecule has 0 aliphatic heterocycles. The maximum absolute atomic E-state index is 11.6. The molecule has 0 fully saturated rings. The van der Waals surface area contributed by atoms with Crippen molar-refractivity contribution in [2.24, 2.45) is 0 Å². The number of nitrogens with zero attached hydrogens (tertiary/aromatic N) is 2. The first-order chi connectivity index (χ1) is 8.01. The first-order valence-corrected chi connectivity index (χ1v) is 5.71. The summed E-state index contributed by atoms with van der Waals surface area (Å²) in [6.45, 7) is 2.95. The van der Waals surface area contributed by atoms with E-state index in [2.05, 4.69) is 0 Å². The summed E-state index contributed by atoms with van der Waals surface area (Å²) in [5.41, 5.74) is 0.679. The zero-order chi connectivity index (χ0) is 13.0. The second kappa shape index (κ2) is 5.84. The molecule has 0 atom stereocenters. The molecule has 0 saturated heterocycles. The summed E-state index contributed by atoms with van der Waals surface area (Å²) in [4.78, 5) is 13.4. The lowest BCUT2D eigenvalue weighted by atomic mass is 10.2. The predicted molar refractivity (Wildman–Crippen MR) is 66.0 cm³/mol. The van der Waals surface area contributed by atoms with Crippen LogP contribution in [0.3, 0.4) is 0 Å². The fourth-order valence-electron chi connectivity index (χ4n) is 1.83. The molecular formula is C12H20N2O3. The summed E-state index contributed by atoms with van der Waals surface area (Å²) >= 11 is 0. The third-order valence-electron chi connectivity index (χ3n) is 2.55. The molecule has 0 radical (unpaired) electrons. The quantitative estimate of drug-likeness (QED) is 0.787. The van der Waals surface area contributed by atoms with E-state index >= 15 is 0 Å². The van der Waals surface area contributed by atoms with Crippen LogP contribution in [0.1, 0.15) is 24.7 Å². The Labute approximate surface area is 101 Å². The first kappa shape index (κ1) is 13.7. The summed E-state index contributed by atoms with van der Waals surface area (Å²) in [7, 11) is 3.73. The number of hydrogen-bond acceptors (Lipinski definition) is 4. The smallest absolute Gasteiger partial charge is 0.223 e. The number of pyridine rings is 1. The number of aromatic hydroxyl groups is 1. The van der Waals surface area contributed by atoms with E-state index in [4.69, 9.17) is 0 Å². The fraction of sp³-hybridized carbons (Fsp3) is 0.583. The van der Waals surface area contributed by atoms with E-state index in [1.807, 2.05) is 30.5 Å². The third kappa shape index (κ3) is 3.08. The van der Waals surface area contributed by atoms with Crippen LogP contribution in [0, 0.1) is 0 Å². The Morgan fingerprint density at radius 2 is 2.06 bits per heavy atom. The van der Waals surface area contributed by atoms with Crippen LogP contribution in [0.25, 0.3) is 0 Å². The molecule has 0 spiro atoms. The number of rotatable bonds is 5. The van der Waals surface area contributed by atoms with Crippen LogP contribution in [-0.2, 0) is 19.7 Å². The molecule has 0 bridgehead atoms. The minimum atomic E-state index is -0.432. The van der Waals surface area contributed by atoms with E-state index in [9.17, 15) is 15.0 Å². The van der Waals surface area contributed by atoms with Gasteiger partial charge >= 0.3 is 0 Å². The summed E-state index contributed by atoms with van der Waals surface area (Å²) in [5.74, 6) is -0.218. The van der Waals surface area contributed by atoms with Crippen LogP contribution in [0.2, 0.25) is 0 Å². The number of hydrogen-bond donors (Lipinski definition) is 2. The second-order valence-electron chi connectivity index (χ2n) is 4.34. The van der Waals surface area contributed by atoms with Gasteiger partial charge in [-0.2, -0.15) is 0 Å². The minimum Gasteiger partial charge on any atom is -0.503 e. The van der Waals surface area contributed by atoms with Crippen molar-refractivity contribution in [3.63, 3.8) is 0 Å². The standard InChI is InChI=1S/C12H20N2O3/c1-4-5-14-9(8-15)6-11(16)12(17)10(14)7-13(2)3/h6,15,17H,4-5,7-8H2,1-3H3. The number of aliphatic hydroxyl groups is 1. The average molecular weight is 240 g/mol. The van der Waals surface area contributed by atoms with Crippen molar-refractivity contribution >= 4 is 0 Å². The monoisotopic (exact) mass is 240 g/mol. The molecule has 2 N–H and O–H groups in total. The highest BCUT2D eigenvalue weighted by molar-refractivity contribution is 5.30. The Morgan fingerprint density at radius 1 is 1.41 bits per heavy atom. The van der Waals surface area contributed by atoms with Crippen LogP contribution in [0.15, 0.2) is 10.9 Å². The molecule has 0 unspecified atom stereocenters. The average Bonchev–Trinajstić information content (AvgIpc) is 2.28. The normalized spacial score (nSPS) is 11.1. The molecule has 0 saturated carbocycles. The molecule has 1 aromatic heterocycles. The van der Waals surface area contributed by atoms with Crippen LogP contribution in [-0.4, -0.2) is 33.8 Å². The van der Waals surface area contributed by atoms with Crippen molar-refractivity contribution < 1.29 is 10.2 Å². The van der Waals surface area contributed by atoms with Gasteiger partial charge in [0.15, 0.2) is 5.75 Å². The van der Waals surface area contributed by atoms with Crippen LogP contribution >= 0.6 is 0 Å². The van der Waals surface area contributed by atoms with Crippen LogP contribution in [0.5, 0.6) is 5.75 Å². The van der Waals surface area contributed by atoms with Gasteiger partial charge < -0.3 is 19.7 Å². The largest absolute Gasteiger partial charge is 0.503 e. The highest BCUT2D eigenvalue weighted by atomic mass is 16.3. The van der Waals surface area contributed by atoms with E-state index in [1.165, 1.54) is 6.07 Å². The second-order valence-corrected chi connectivity index (χ2v) is 4.34. The summed E-state index contributed by atoms with van der Waals surface area (Å²) in [5, 5.41) is 19.1. The molecular weight excluding hydrogens is 220 g/mol. The molecule has 0 aliphatic rings. The lowest BCUT2D eigenvalue weighted by Gasteiger charge is -2.20. The van der Waals surface area contributed by atoms with Gasteiger partial charge in [0.1, 0.15) is 0 Å². The highest BCUT2D eigenvalue weighted by Crippen LogP contribution is 2.16. The van der Waals surface area contributed by atoms with E-state index < -0.39 is 5.43 Å². The van der Waals surface area contributed by atoms with Gasteiger partial charge in [0.2, 0.25) is 5.43 Å². The molecule has 0 aliphatic carbocycles. The van der Waals surface area contributed by atoms with Crippen LogP contribution in [0.4, 0.5) is 0 Å². The van der Waals surface area contributed by atoms with Gasteiger partial charge in [-0.25, -0.2) is 0 Å². The van der Waals surface area contributed by atoms with E-state index in [0.29, 0.717) is 24.5 Å². The maximum Gasteiger partial charge on any atom is 0.223 e. The lowest BCUT2D eigenvalue weighted by molar-refractivity contribution is 0.264. The van der Waals surface area contributed by atoms with Gasteiger partial charge in [-0.05, 0) is 20.5 Å². The Bertz CT molecular complexity index is 438. The van der Waals surface area contributed by atoms with Crippen molar-refractivity contribution in [1.82, 2.24) is 9.47 Å². The lowest BCUT2D eigenvalue weighted by Crippen LogP contribution is -2.23. The molecule has 5 nitrogen and oxygen atoms in total. The molecule has 96 valence electrons.